The van der Waals surface area contributed by atoms with Crippen molar-refractivity contribution in [2.24, 2.45) is 11.8 Å². The molecule has 14 heteroatoms. The van der Waals surface area contributed by atoms with Crippen molar-refractivity contribution in [3.63, 3.8) is 0 Å². The number of hydrogen-bond acceptors (Lipinski definition) is 12. The third kappa shape index (κ3) is 8.70. The lowest BCUT2D eigenvalue weighted by molar-refractivity contribution is 0.00858. The Morgan fingerprint density at radius 1 is 0.544 bits per heavy atom. The van der Waals surface area contributed by atoms with Crippen LogP contribution >= 0.6 is 0 Å². The summed E-state index contributed by atoms with van der Waals surface area (Å²) in [5, 5.41) is 27.0. The van der Waals surface area contributed by atoms with E-state index >= 15 is 0 Å². The van der Waals surface area contributed by atoms with Gasteiger partial charge in [-0.15, -0.1) is 0 Å². The van der Waals surface area contributed by atoms with Crippen LogP contribution in [0.1, 0.15) is 121 Å². The van der Waals surface area contributed by atoms with Crippen molar-refractivity contribution in [3.8, 4) is 0 Å². The molecule has 2 saturated carbocycles. The first-order valence-electron chi connectivity index (χ1n) is 25.9. The molecule has 8 heterocycles. The number of aliphatic hydroxyl groups excluding tert-OH is 2. The Morgan fingerprint density at radius 3 is 1.38 bits per heavy atom. The number of pyridine rings is 4. The fraction of sp³-hybridized carbons (Fsp3) is 0.556. The number of aromatic nitrogens is 6. The summed E-state index contributed by atoms with van der Waals surface area (Å²) in [6, 6.07) is 21.7. The number of hydrogen-bond donors (Lipinski definition) is 2. The van der Waals surface area contributed by atoms with Crippen molar-refractivity contribution in [2.75, 3.05) is 89.3 Å². The summed E-state index contributed by atoms with van der Waals surface area (Å²) in [7, 11) is 4.37. The summed E-state index contributed by atoms with van der Waals surface area (Å²) in [5.74, 6) is 3.29. The second-order valence-corrected chi connectivity index (χ2v) is 21.2. The second kappa shape index (κ2) is 18.7. The van der Waals surface area contributed by atoms with Crippen LogP contribution in [-0.4, -0.2) is 138 Å². The number of piperazine rings is 2. The maximum Gasteiger partial charge on any atom is 0.138 e. The first-order chi connectivity index (χ1) is 33.3. The highest BCUT2D eigenvalue weighted by Crippen LogP contribution is 2.44. The molecule has 0 spiro atoms. The molecule has 2 unspecified atom stereocenters. The number of anilines is 2. The van der Waals surface area contributed by atoms with E-state index in [0.717, 1.165) is 138 Å². The number of aryl methyl sites for hydroxylation is 2. The van der Waals surface area contributed by atoms with Crippen LogP contribution < -0.4 is 9.80 Å². The van der Waals surface area contributed by atoms with Gasteiger partial charge in [0.15, 0.2) is 0 Å². The van der Waals surface area contributed by atoms with Gasteiger partial charge in [-0.2, -0.15) is 0 Å². The number of rotatable bonds is 15. The van der Waals surface area contributed by atoms with Gasteiger partial charge in [-0.3, -0.25) is 28.6 Å². The van der Waals surface area contributed by atoms with Crippen LogP contribution in [0.2, 0.25) is 0 Å². The molecule has 6 aliphatic rings. The van der Waals surface area contributed by atoms with Crippen LogP contribution in [-0.2, 0) is 25.9 Å². The molecular weight excluding hydrogens is 849 g/mol. The number of imidazole rings is 2. The minimum Gasteiger partial charge on any atom is -0.384 e. The zero-order valence-corrected chi connectivity index (χ0v) is 40.2. The normalized spacial score (nSPS) is 22.6. The van der Waals surface area contributed by atoms with Crippen LogP contribution in [0.25, 0.3) is 11.3 Å². The summed E-state index contributed by atoms with van der Waals surface area (Å²) in [4.78, 5) is 35.8. The Bertz CT molecular complexity index is 2540. The first-order valence-corrected chi connectivity index (χ1v) is 25.9. The van der Waals surface area contributed by atoms with Gasteiger partial charge in [0.2, 0.25) is 0 Å². The Balaban J connectivity index is 1.00. The molecule has 68 heavy (non-hydrogen) atoms. The SMILES string of the molecule is CN1CCN(c2cccc3nc(CN(CC4CC4)[C@H]4CCCc5cccnc54)c(C(O)C(O)c4c(CN(CC5CC5)[C@H]5CCCc6cccnc65)nc5cccc(N6CCN(C)CC6)n45)n23)CC1. The maximum absolute atomic E-state index is 13.5. The molecule has 0 aromatic carbocycles. The molecule has 6 aromatic heterocycles. The number of fused-ring (bicyclic) bond motifs is 4. The van der Waals surface area contributed by atoms with Gasteiger partial charge in [0.25, 0.3) is 0 Å². The van der Waals surface area contributed by atoms with Gasteiger partial charge in [0, 0.05) is 90.9 Å². The van der Waals surface area contributed by atoms with E-state index in [1.54, 1.807) is 0 Å². The molecule has 0 amide bonds. The predicted molar refractivity (Wildman–Crippen MR) is 266 cm³/mol. The Kier molecular flexibility index (Phi) is 12.2. The average molecular weight is 919 g/mol. The van der Waals surface area contributed by atoms with Crippen molar-refractivity contribution < 1.29 is 10.2 Å². The predicted octanol–water partition coefficient (Wildman–Crippen LogP) is 6.62. The lowest BCUT2D eigenvalue weighted by Gasteiger charge is -2.36. The number of aliphatic hydroxyl groups is 2. The monoisotopic (exact) mass is 919 g/mol. The quantitative estimate of drug-likeness (QED) is 0.115. The summed E-state index contributed by atoms with van der Waals surface area (Å²) >= 11 is 0. The molecular formula is C54H70N12O2. The number of likely N-dealkylation sites (N-methyl/N-ethyl adjacent to an activating group) is 2. The van der Waals surface area contributed by atoms with Crippen molar-refractivity contribution in [3.05, 3.63) is 118 Å². The third-order valence-corrected chi connectivity index (χ3v) is 16.3. The highest BCUT2D eigenvalue weighted by molar-refractivity contribution is 5.58. The van der Waals surface area contributed by atoms with Gasteiger partial charge in [-0.1, -0.05) is 24.3 Å². The molecule has 0 radical (unpaired) electrons. The first kappa shape index (κ1) is 44.3. The summed E-state index contributed by atoms with van der Waals surface area (Å²) in [5.41, 5.74) is 9.59. The molecule has 2 aliphatic heterocycles. The Hall–Kier alpha value is -4.96. The molecule has 2 N–H and O–H groups in total. The van der Waals surface area contributed by atoms with E-state index in [9.17, 15) is 10.2 Å². The third-order valence-electron chi connectivity index (χ3n) is 16.3. The fourth-order valence-electron chi connectivity index (χ4n) is 12.1. The van der Waals surface area contributed by atoms with Gasteiger partial charge < -0.3 is 29.8 Å². The molecule has 358 valence electrons. The highest BCUT2D eigenvalue weighted by Gasteiger charge is 2.39. The lowest BCUT2D eigenvalue weighted by Crippen LogP contribution is -2.45. The standard InChI is InChI=1S/C54H70N12O2/c1-59-25-29-61(30-26-59)47-17-5-15-45-57-41(35-63(33-37-19-20-37)43-13-3-9-39-11-7-23-55-49(39)43)51(65(45)47)53(67)54(68)52-42(58-46-16-6-18-48(66(46)52)62-31-27-60(2)28-32-62)36-64(34-38-21-22-38)44-14-4-10-40-12-8-24-56-50(40)44/h5-8,11-12,15-18,23-24,37-38,43-44,53-54,67-68H,3-4,9-10,13-14,19-22,25-36H2,1-2H3/t43-,44-,53?,54?/m0/s1. The van der Waals surface area contributed by atoms with Gasteiger partial charge in [-0.25, -0.2) is 9.97 Å². The van der Waals surface area contributed by atoms with Crippen LogP contribution in [0.4, 0.5) is 11.6 Å². The van der Waals surface area contributed by atoms with Crippen LogP contribution in [0.15, 0.2) is 73.1 Å². The number of nitrogens with zero attached hydrogens (tertiary/aromatic N) is 12. The lowest BCUT2D eigenvalue weighted by atomic mass is 9.90. The molecule has 2 saturated heterocycles. The van der Waals surface area contributed by atoms with Crippen LogP contribution in [0.3, 0.4) is 0 Å². The summed E-state index contributed by atoms with van der Waals surface area (Å²) in [6.07, 6.45) is 12.6. The van der Waals surface area contributed by atoms with Crippen molar-refractivity contribution >= 4 is 22.9 Å². The van der Waals surface area contributed by atoms with E-state index in [2.05, 4.69) is 113 Å². The maximum atomic E-state index is 13.5. The van der Waals surface area contributed by atoms with Crippen molar-refractivity contribution in [2.45, 2.75) is 102 Å². The zero-order chi connectivity index (χ0) is 45.9. The van der Waals surface area contributed by atoms with Crippen molar-refractivity contribution in [1.82, 2.24) is 48.3 Å². The van der Waals surface area contributed by atoms with Gasteiger partial charge >= 0.3 is 0 Å². The van der Waals surface area contributed by atoms with Gasteiger partial charge in [-0.05, 0) is 138 Å². The van der Waals surface area contributed by atoms with E-state index in [1.807, 2.05) is 12.4 Å². The molecule has 12 rings (SSSR count). The minimum absolute atomic E-state index is 0.158. The van der Waals surface area contributed by atoms with E-state index in [1.165, 1.54) is 48.2 Å². The van der Waals surface area contributed by atoms with E-state index in [4.69, 9.17) is 19.9 Å². The molecule has 6 aromatic rings. The average Bonchev–Trinajstić information content (AvgIpc) is 4.30. The van der Waals surface area contributed by atoms with Crippen molar-refractivity contribution in [1.29, 1.82) is 0 Å². The molecule has 4 fully saturated rings. The van der Waals surface area contributed by atoms with Crippen LogP contribution in [0.5, 0.6) is 0 Å². The van der Waals surface area contributed by atoms with Gasteiger partial charge in [0.05, 0.1) is 46.2 Å². The summed E-state index contributed by atoms with van der Waals surface area (Å²) in [6.45, 7) is 10.2. The van der Waals surface area contributed by atoms with Crippen LogP contribution in [0, 0.1) is 11.8 Å². The molecule has 4 atom stereocenters. The fourth-order valence-corrected chi connectivity index (χ4v) is 12.1. The zero-order valence-electron chi connectivity index (χ0n) is 40.2. The smallest absolute Gasteiger partial charge is 0.138 e. The Morgan fingerprint density at radius 2 is 0.971 bits per heavy atom. The largest absolute Gasteiger partial charge is 0.384 e. The molecule has 0 bridgehead atoms. The topological polar surface area (TPSA) is 120 Å². The Labute approximate surface area is 401 Å². The van der Waals surface area contributed by atoms with E-state index in [-0.39, 0.29) is 12.1 Å². The van der Waals surface area contributed by atoms with E-state index < -0.39 is 12.2 Å². The summed E-state index contributed by atoms with van der Waals surface area (Å²) < 4.78 is 4.37. The van der Waals surface area contributed by atoms with Gasteiger partial charge in [0.1, 0.15) is 35.1 Å². The molecule has 14 nitrogen and oxygen atoms in total. The second-order valence-electron chi connectivity index (χ2n) is 21.2. The highest BCUT2D eigenvalue weighted by atomic mass is 16.3. The minimum atomic E-state index is -1.32. The van der Waals surface area contributed by atoms with E-state index in [0.29, 0.717) is 36.3 Å². The molecule has 4 aliphatic carbocycles.